The number of Topliss-reactive ketones (excluding diaryl/α,β-unsaturated/α-hetero) is 1. The summed E-state index contributed by atoms with van der Waals surface area (Å²) in [6.07, 6.45) is -1.91. The van der Waals surface area contributed by atoms with Gasteiger partial charge >= 0.3 is 5.97 Å². The van der Waals surface area contributed by atoms with E-state index in [0.717, 1.165) is 12.0 Å². The second-order valence-electron chi connectivity index (χ2n) is 7.53. The fourth-order valence-corrected chi connectivity index (χ4v) is 3.30. The average Bonchev–Trinajstić information content (AvgIpc) is 2.85. The van der Waals surface area contributed by atoms with Crippen LogP contribution >= 0.6 is 0 Å². The summed E-state index contributed by atoms with van der Waals surface area (Å²) in [6.45, 7) is 4.09. The van der Waals surface area contributed by atoms with E-state index in [-0.39, 0.29) is 12.2 Å². The van der Waals surface area contributed by atoms with Crippen molar-refractivity contribution in [3.8, 4) is 11.5 Å². The van der Waals surface area contributed by atoms with Crippen LogP contribution in [0.25, 0.3) is 0 Å². The summed E-state index contributed by atoms with van der Waals surface area (Å²) < 4.78 is 16.8. The van der Waals surface area contributed by atoms with E-state index in [1.165, 1.54) is 6.92 Å². The van der Waals surface area contributed by atoms with E-state index in [1.54, 1.807) is 48.5 Å². The Morgan fingerprint density at radius 1 is 0.879 bits per heavy atom. The fourth-order valence-electron chi connectivity index (χ4n) is 3.30. The Labute approximate surface area is 193 Å². The Hall–Kier alpha value is -3.64. The van der Waals surface area contributed by atoms with Crippen LogP contribution in [0, 0.1) is 0 Å². The molecule has 0 saturated heterocycles. The van der Waals surface area contributed by atoms with E-state index in [2.05, 4.69) is 0 Å². The molecule has 0 amide bonds. The van der Waals surface area contributed by atoms with Crippen molar-refractivity contribution < 1.29 is 28.9 Å². The molecule has 3 aromatic rings. The van der Waals surface area contributed by atoms with E-state index in [4.69, 9.17) is 14.2 Å². The molecule has 0 heterocycles. The highest BCUT2D eigenvalue weighted by Crippen LogP contribution is 2.29. The summed E-state index contributed by atoms with van der Waals surface area (Å²) in [5.41, 5.74) is 1.64. The summed E-state index contributed by atoms with van der Waals surface area (Å²) in [5.74, 6) is -0.207. The number of aliphatic hydroxyl groups is 1. The molecule has 6 heteroatoms. The van der Waals surface area contributed by atoms with Crippen LogP contribution in [-0.2, 0) is 16.1 Å². The van der Waals surface area contributed by atoms with Gasteiger partial charge in [-0.15, -0.1) is 0 Å². The van der Waals surface area contributed by atoms with Crippen LogP contribution in [0.3, 0.4) is 0 Å². The third-order valence-corrected chi connectivity index (χ3v) is 4.92. The molecule has 0 aromatic heterocycles. The Morgan fingerprint density at radius 2 is 1.55 bits per heavy atom. The van der Waals surface area contributed by atoms with Crippen LogP contribution in [0.5, 0.6) is 11.5 Å². The van der Waals surface area contributed by atoms with E-state index in [9.17, 15) is 14.7 Å². The number of benzene rings is 3. The molecule has 0 spiro atoms. The van der Waals surface area contributed by atoms with Crippen LogP contribution in [0.4, 0.5) is 0 Å². The summed E-state index contributed by atoms with van der Waals surface area (Å²) >= 11 is 0. The molecule has 3 rings (SSSR count). The second-order valence-corrected chi connectivity index (χ2v) is 7.53. The number of ether oxygens (including phenoxy) is 3. The number of ketones is 1. The molecule has 0 aliphatic heterocycles. The Kier molecular flexibility index (Phi) is 8.61. The van der Waals surface area contributed by atoms with Crippen molar-refractivity contribution in [2.45, 2.75) is 39.1 Å². The lowest BCUT2D eigenvalue weighted by molar-refractivity contribution is -0.151. The molecule has 0 bridgehead atoms. The fraction of sp³-hybridized carbons (Fsp3) is 0.259. The monoisotopic (exact) mass is 448 g/mol. The topological polar surface area (TPSA) is 82.1 Å². The summed E-state index contributed by atoms with van der Waals surface area (Å²) in [4.78, 5) is 25.0. The van der Waals surface area contributed by atoms with Crippen molar-refractivity contribution in [3.63, 3.8) is 0 Å². The first-order valence-corrected chi connectivity index (χ1v) is 10.9. The normalized spacial score (nSPS) is 12.5. The number of esters is 1. The van der Waals surface area contributed by atoms with E-state index < -0.39 is 24.0 Å². The Bertz CT molecular complexity index is 1050. The molecule has 0 aliphatic rings. The molecule has 6 nitrogen and oxygen atoms in total. The maximum atomic E-state index is 13.2. The van der Waals surface area contributed by atoms with Crippen molar-refractivity contribution in [2.75, 3.05) is 6.61 Å². The van der Waals surface area contributed by atoms with Gasteiger partial charge in [0.1, 0.15) is 18.1 Å². The number of carbonyl (C=O) groups excluding carboxylic acids is 2. The second kappa shape index (κ2) is 11.8. The lowest BCUT2D eigenvalue weighted by atomic mass is 9.96. The zero-order chi connectivity index (χ0) is 23.6. The van der Waals surface area contributed by atoms with Gasteiger partial charge in [-0.1, -0.05) is 61.5 Å². The van der Waals surface area contributed by atoms with Crippen LogP contribution in [-0.4, -0.2) is 29.6 Å². The van der Waals surface area contributed by atoms with Crippen molar-refractivity contribution in [1.29, 1.82) is 0 Å². The average molecular weight is 449 g/mol. The van der Waals surface area contributed by atoms with Gasteiger partial charge in [-0.2, -0.15) is 0 Å². The molecule has 0 saturated carbocycles. The lowest BCUT2D eigenvalue weighted by Gasteiger charge is -2.23. The van der Waals surface area contributed by atoms with Crippen molar-refractivity contribution >= 4 is 11.8 Å². The molecule has 172 valence electrons. The summed E-state index contributed by atoms with van der Waals surface area (Å²) in [6, 6.07) is 23.0. The van der Waals surface area contributed by atoms with Gasteiger partial charge in [-0.3, -0.25) is 9.59 Å². The van der Waals surface area contributed by atoms with Crippen LogP contribution in [0.1, 0.15) is 47.9 Å². The molecule has 1 N–H and O–H groups in total. The molecule has 2 unspecified atom stereocenters. The highest BCUT2D eigenvalue weighted by atomic mass is 16.6. The number of rotatable bonds is 11. The van der Waals surface area contributed by atoms with Crippen molar-refractivity contribution in [1.82, 2.24) is 0 Å². The molecule has 3 aromatic carbocycles. The van der Waals surface area contributed by atoms with Gasteiger partial charge < -0.3 is 19.3 Å². The number of aliphatic hydroxyl groups excluding tert-OH is 1. The first-order chi connectivity index (χ1) is 16.0. The number of hydrogen-bond acceptors (Lipinski definition) is 6. The molecule has 2 atom stereocenters. The van der Waals surface area contributed by atoms with Gasteiger partial charge in [0.05, 0.1) is 12.2 Å². The Balaban J connectivity index is 1.81. The SMILES string of the molecule is CCCOc1ccc(C(OC(C)=O)C(O)C(=O)c2ccccc2OCc2ccccc2)cc1. The van der Waals surface area contributed by atoms with Gasteiger partial charge in [0.25, 0.3) is 0 Å². The number of para-hydroxylation sites is 1. The van der Waals surface area contributed by atoms with Gasteiger partial charge in [0.2, 0.25) is 0 Å². The zero-order valence-electron chi connectivity index (χ0n) is 18.8. The van der Waals surface area contributed by atoms with Crippen molar-refractivity contribution in [2.24, 2.45) is 0 Å². The smallest absolute Gasteiger partial charge is 0.303 e. The maximum absolute atomic E-state index is 13.2. The Morgan fingerprint density at radius 3 is 2.21 bits per heavy atom. The third-order valence-electron chi connectivity index (χ3n) is 4.92. The third kappa shape index (κ3) is 6.67. The van der Waals surface area contributed by atoms with E-state index >= 15 is 0 Å². The van der Waals surface area contributed by atoms with Gasteiger partial charge in [0.15, 0.2) is 18.0 Å². The lowest BCUT2D eigenvalue weighted by Crippen LogP contribution is -2.31. The molecule has 0 fully saturated rings. The highest BCUT2D eigenvalue weighted by molar-refractivity contribution is 6.02. The molecule has 33 heavy (non-hydrogen) atoms. The highest BCUT2D eigenvalue weighted by Gasteiger charge is 2.32. The van der Waals surface area contributed by atoms with Crippen LogP contribution in [0.15, 0.2) is 78.9 Å². The van der Waals surface area contributed by atoms with Gasteiger partial charge in [-0.25, -0.2) is 0 Å². The largest absolute Gasteiger partial charge is 0.494 e. The van der Waals surface area contributed by atoms with Gasteiger partial charge in [-0.05, 0) is 41.8 Å². The predicted molar refractivity (Wildman–Crippen MR) is 124 cm³/mol. The summed E-state index contributed by atoms with van der Waals surface area (Å²) in [7, 11) is 0. The van der Waals surface area contributed by atoms with Gasteiger partial charge in [0, 0.05) is 6.92 Å². The minimum absolute atomic E-state index is 0.209. The van der Waals surface area contributed by atoms with Crippen molar-refractivity contribution in [3.05, 3.63) is 95.6 Å². The van der Waals surface area contributed by atoms with Crippen LogP contribution < -0.4 is 9.47 Å². The minimum atomic E-state index is -1.61. The first-order valence-electron chi connectivity index (χ1n) is 10.9. The number of hydrogen-bond donors (Lipinski definition) is 1. The minimum Gasteiger partial charge on any atom is -0.494 e. The van der Waals surface area contributed by atoms with E-state index in [0.29, 0.717) is 23.7 Å². The molecular weight excluding hydrogens is 420 g/mol. The number of carbonyl (C=O) groups is 2. The predicted octanol–water partition coefficient (Wildman–Crippen LogP) is 4.90. The standard InChI is InChI=1S/C27H28O6/c1-3-17-31-22-15-13-21(14-16-22)27(33-19(2)28)26(30)25(29)23-11-7-8-12-24(23)32-18-20-9-5-4-6-10-20/h4-16,26-27,30H,3,17-18H2,1-2H3. The summed E-state index contributed by atoms with van der Waals surface area (Å²) in [5, 5.41) is 10.9. The maximum Gasteiger partial charge on any atom is 0.303 e. The molecular formula is C27H28O6. The molecule has 0 radical (unpaired) electrons. The quantitative estimate of drug-likeness (QED) is 0.332. The zero-order valence-corrected chi connectivity index (χ0v) is 18.8. The van der Waals surface area contributed by atoms with E-state index in [1.807, 2.05) is 37.3 Å². The van der Waals surface area contributed by atoms with Crippen LogP contribution in [0.2, 0.25) is 0 Å². The first kappa shape index (κ1) is 24.0. The molecule has 0 aliphatic carbocycles.